The van der Waals surface area contributed by atoms with Crippen LogP contribution in [0.15, 0.2) is 42.5 Å². The maximum Gasteiger partial charge on any atom is 0.261 e. The van der Waals surface area contributed by atoms with E-state index in [4.69, 9.17) is 16.3 Å². The zero-order chi connectivity index (χ0) is 16.6. The first-order valence-electron chi connectivity index (χ1n) is 6.96. The summed E-state index contributed by atoms with van der Waals surface area (Å²) in [5, 5.41) is 13.6. The second-order valence-corrected chi connectivity index (χ2v) is 5.72. The van der Waals surface area contributed by atoms with Gasteiger partial charge in [0.2, 0.25) is 0 Å². The van der Waals surface area contributed by atoms with Gasteiger partial charge in [-0.05, 0) is 18.2 Å². The average Bonchev–Trinajstić information content (AvgIpc) is 2.80. The number of carbonyl (C=O) groups excluding carboxylic acids is 2. The minimum atomic E-state index is -1.93. The van der Waals surface area contributed by atoms with Crippen molar-refractivity contribution < 1.29 is 19.4 Å². The Morgan fingerprint density at radius 1 is 1.30 bits per heavy atom. The standard InChI is InChI=1S/C17H14ClNO4/c1-23-11-5-2-4-10(8-11)14(20)9-17(22)12-6-3-7-13(18)15(12)19-16(17)21/h2-8,22H,9H2,1H3,(H,19,21)/t17-/m1/s1. The van der Waals surface area contributed by atoms with Crippen LogP contribution in [-0.4, -0.2) is 23.9 Å². The number of nitrogens with one attached hydrogen (secondary N) is 1. The van der Waals surface area contributed by atoms with E-state index in [1.807, 2.05) is 0 Å². The van der Waals surface area contributed by atoms with Gasteiger partial charge >= 0.3 is 0 Å². The topological polar surface area (TPSA) is 75.6 Å². The van der Waals surface area contributed by atoms with E-state index in [2.05, 4.69) is 5.32 Å². The molecule has 1 aliphatic heterocycles. The molecule has 0 bridgehead atoms. The summed E-state index contributed by atoms with van der Waals surface area (Å²) in [5.74, 6) is -0.492. The number of ketones is 1. The van der Waals surface area contributed by atoms with Crippen molar-refractivity contribution in [1.82, 2.24) is 0 Å². The lowest BCUT2D eigenvalue weighted by Gasteiger charge is -2.20. The van der Waals surface area contributed by atoms with Gasteiger partial charge in [-0.15, -0.1) is 0 Å². The number of rotatable bonds is 4. The summed E-state index contributed by atoms with van der Waals surface area (Å²) in [6.45, 7) is 0. The molecule has 0 aliphatic carbocycles. The fourth-order valence-corrected chi connectivity index (χ4v) is 2.86. The number of aliphatic hydroxyl groups is 1. The molecule has 0 aromatic heterocycles. The molecule has 1 heterocycles. The minimum absolute atomic E-state index is 0.311. The average molecular weight is 332 g/mol. The number of methoxy groups -OCH3 is 1. The zero-order valence-corrected chi connectivity index (χ0v) is 13.1. The number of Topliss-reactive ketones (excluding diaryl/α,β-unsaturated/α-hetero) is 1. The molecule has 2 aromatic rings. The van der Waals surface area contributed by atoms with E-state index in [0.29, 0.717) is 27.6 Å². The summed E-state index contributed by atoms with van der Waals surface area (Å²) in [7, 11) is 1.50. The van der Waals surface area contributed by atoms with Gasteiger partial charge in [-0.2, -0.15) is 0 Å². The highest BCUT2D eigenvalue weighted by Gasteiger charge is 2.47. The van der Waals surface area contributed by atoms with Crippen LogP contribution < -0.4 is 10.1 Å². The van der Waals surface area contributed by atoms with E-state index in [1.54, 1.807) is 42.5 Å². The molecule has 2 aromatic carbocycles. The molecule has 0 fully saturated rings. The Bertz CT molecular complexity index is 805. The van der Waals surface area contributed by atoms with Gasteiger partial charge in [-0.3, -0.25) is 9.59 Å². The predicted molar refractivity (Wildman–Crippen MR) is 85.9 cm³/mol. The van der Waals surface area contributed by atoms with E-state index >= 15 is 0 Å². The number of fused-ring (bicyclic) bond motifs is 1. The Hall–Kier alpha value is -2.37. The van der Waals surface area contributed by atoms with Gasteiger partial charge in [0.05, 0.1) is 24.2 Å². The summed E-state index contributed by atoms with van der Waals surface area (Å²) in [6.07, 6.45) is -0.376. The smallest absolute Gasteiger partial charge is 0.261 e. The van der Waals surface area contributed by atoms with Crippen molar-refractivity contribution in [1.29, 1.82) is 0 Å². The Kier molecular flexibility index (Phi) is 3.83. The molecule has 1 atom stereocenters. The predicted octanol–water partition coefficient (Wildman–Crippen LogP) is 2.76. The Balaban J connectivity index is 1.94. The number of amides is 1. The third-order valence-electron chi connectivity index (χ3n) is 3.88. The van der Waals surface area contributed by atoms with Crippen LogP contribution in [0.2, 0.25) is 5.02 Å². The molecule has 118 valence electrons. The number of hydrogen-bond acceptors (Lipinski definition) is 4. The molecule has 6 heteroatoms. The molecular weight excluding hydrogens is 318 g/mol. The van der Waals surface area contributed by atoms with Crippen LogP contribution in [-0.2, 0) is 10.4 Å². The summed E-state index contributed by atoms with van der Waals surface area (Å²) >= 11 is 6.03. The van der Waals surface area contributed by atoms with Crippen molar-refractivity contribution in [2.75, 3.05) is 12.4 Å². The van der Waals surface area contributed by atoms with Crippen LogP contribution in [0, 0.1) is 0 Å². The lowest BCUT2D eigenvalue weighted by atomic mass is 9.88. The normalized spacial score (nSPS) is 19.2. The minimum Gasteiger partial charge on any atom is -0.497 e. The van der Waals surface area contributed by atoms with Crippen molar-refractivity contribution in [3.63, 3.8) is 0 Å². The van der Waals surface area contributed by atoms with Gasteiger partial charge in [0, 0.05) is 11.1 Å². The number of benzene rings is 2. The molecule has 1 amide bonds. The van der Waals surface area contributed by atoms with E-state index in [9.17, 15) is 14.7 Å². The first kappa shape index (κ1) is 15.5. The third-order valence-corrected chi connectivity index (χ3v) is 4.20. The third kappa shape index (κ3) is 2.58. The molecule has 1 aliphatic rings. The molecule has 5 nitrogen and oxygen atoms in total. The molecular formula is C17H14ClNO4. The number of para-hydroxylation sites is 1. The summed E-state index contributed by atoms with van der Waals surface area (Å²) in [5.41, 5.74) is -0.909. The Morgan fingerprint density at radius 2 is 2.04 bits per heavy atom. The maximum absolute atomic E-state index is 12.5. The molecule has 0 saturated carbocycles. The lowest BCUT2D eigenvalue weighted by molar-refractivity contribution is -0.133. The number of halogens is 1. The van der Waals surface area contributed by atoms with E-state index < -0.39 is 11.5 Å². The van der Waals surface area contributed by atoms with Crippen LogP contribution in [0.4, 0.5) is 5.69 Å². The van der Waals surface area contributed by atoms with Gasteiger partial charge in [0.15, 0.2) is 11.4 Å². The van der Waals surface area contributed by atoms with Crippen LogP contribution in [0.1, 0.15) is 22.3 Å². The number of ether oxygens (including phenoxy) is 1. The van der Waals surface area contributed by atoms with Crippen LogP contribution in [0.3, 0.4) is 0 Å². The molecule has 0 saturated heterocycles. The quantitative estimate of drug-likeness (QED) is 0.845. The molecule has 0 radical (unpaired) electrons. The van der Waals surface area contributed by atoms with Crippen molar-refractivity contribution >= 4 is 29.0 Å². The first-order chi connectivity index (χ1) is 11.0. The molecule has 3 rings (SSSR count). The van der Waals surface area contributed by atoms with Gasteiger partial charge in [0.1, 0.15) is 5.75 Å². The van der Waals surface area contributed by atoms with E-state index in [-0.39, 0.29) is 12.2 Å². The zero-order valence-electron chi connectivity index (χ0n) is 12.3. The van der Waals surface area contributed by atoms with Crippen molar-refractivity contribution in [3.05, 3.63) is 58.6 Å². The molecule has 2 N–H and O–H groups in total. The Labute approximate surface area is 137 Å². The Morgan fingerprint density at radius 3 is 2.78 bits per heavy atom. The lowest BCUT2D eigenvalue weighted by Crippen LogP contribution is -2.36. The second kappa shape index (κ2) is 5.68. The largest absolute Gasteiger partial charge is 0.497 e. The summed E-state index contributed by atoms with van der Waals surface area (Å²) < 4.78 is 5.08. The van der Waals surface area contributed by atoms with E-state index in [0.717, 1.165) is 0 Å². The number of carbonyl (C=O) groups is 2. The number of anilines is 1. The van der Waals surface area contributed by atoms with Crippen LogP contribution >= 0.6 is 11.6 Å². The van der Waals surface area contributed by atoms with Crippen LogP contribution in [0.5, 0.6) is 5.75 Å². The SMILES string of the molecule is COc1cccc(C(=O)C[C@]2(O)C(=O)Nc3c(Cl)cccc32)c1. The highest BCUT2D eigenvalue weighted by molar-refractivity contribution is 6.34. The van der Waals surface area contributed by atoms with Crippen molar-refractivity contribution in [3.8, 4) is 5.75 Å². The fraction of sp³-hybridized carbons (Fsp3) is 0.176. The molecule has 0 spiro atoms. The monoisotopic (exact) mass is 331 g/mol. The van der Waals surface area contributed by atoms with Gasteiger partial charge < -0.3 is 15.2 Å². The number of hydrogen-bond donors (Lipinski definition) is 2. The van der Waals surface area contributed by atoms with Gasteiger partial charge in [-0.25, -0.2) is 0 Å². The maximum atomic E-state index is 12.5. The summed E-state index contributed by atoms with van der Waals surface area (Å²) in [6, 6.07) is 11.4. The van der Waals surface area contributed by atoms with E-state index in [1.165, 1.54) is 7.11 Å². The molecule has 0 unspecified atom stereocenters. The van der Waals surface area contributed by atoms with Gasteiger partial charge in [-0.1, -0.05) is 35.9 Å². The first-order valence-corrected chi connectivity index (χ1v) is 7.33. The summed E-state index contributed by atoms with van der Waals surface area (Å²) in [4.78, 5) is 24.7. The fourth-order valence-electron chi connectivity index (χ4n) is 2.64. The van der Waals surface area contributed by atoms with Crippen LogP contribution in [0.25, 0.3) is 0 Å². The second-order valence-electron chi connectivity index (χ2n) is 5.31. The van der Waals surface area contributed by atoms with Crippen molar-refractivity contribution in [2.45, 2.75) is 12.0 Å². The highest BCUT2D eigenvalue weighted by atomic mass is 35.5. The highest BCUT2D eigenvalue weighted by Crippen LogP contribution is 2.42. The van der Waals surface area contributed by atoms with Crippen molar-refractivity contribution in [2.24, 2.45) is 0 Å². The van der Waals surface area contributed by atoms with Gasteiger partial charge in [0.25, 0.3) is 5.91 Å². The molecule has 23 heavy (non-hydrogen) atoms.